The first kappa shape index (κ1) is 8.49. The van der Waals surface area contributed by atoms with Gasteiger partial charge in [0, 0.05) is 12.7 Å². The summed E-state index contributed by atoms with van der Waals surface area (Å²) in [5.41, 5.74) is 1.49. The quantitative estimate of drug-likeness (QED) is 0.633. The second-order valence-corrected chi connectivity index (χ2v) is 4.24. The third kappa shape index (κ3) is 0.782. The molecule has 2 atom stereocenters. The van der Waals surface area contributed by atoms with Crippen LogP contribution in [0.4, 0.5) is 5.69 Å². The summed E-state index contributed by atoms with van der Waals surface area (Å²) in [5, 5.41) is 8.94. The topological polar surface area (TPSA) is 44.1 Å². The van der Waals surface area contributed by atoms with Crippen molar-refractivity contribution in [2.45, 2.75) is 11.8 Å². The van der Waals surface area contributed by atoms with E-state index in [9.17, 15) is 4.79 Å². The lowest BCUT2D eigenvalue weighted by Gasteiger charge is -2.09. The molecule has 2 unspecified atom stereocenters. The molecular weight excluding hydrogens is 188 g/mol. The molecule has 0 bridgehead atoms. The fourth-order valence-corrected chi connectivity index (χ4v) is 2.62. The fourth-order valence-electron chi connectivity index (χ4n) is 2.62. The van der Waals surface area contributed by atoms with Crippen molar-refractivity contribution >= 4 is 11.6 Å². The first-order chi connectivity index (χ1) is 7.21. The number of fused-ring (bicyclic) bond motifs is 2. The highest BCUT2D eigenvalue weighted by Gasteiger charge is 2.66. The number of hydrogen-bond donors (Lipinski definition) is 0. The Morgan fingerprint density at radius 2 is 2.27 bits per heavy atom. The van der Waals surface area contributed by atoms with Gasteiger partial charge in [-0.2, -0.15) is 5.26 Å². The minimum Gasteiger partial charge on any atom is -0.314 e. The van der Waals surface area contributed by atoms with Crippen molar-refractivity contribution in [3.8, 4) is 6.07 Å². The summed E-state index contributed by atoms with van der Waals surface area (Å²) < 4.78 is 0. The van der Waals surface area contributed by atoms with Crippen LogP contribution < -0.4 is 4.90 Å². The minimum absolute atomic E-state index is 0.0789. The van der Waals surface area contributed by atoms with Crippen molar-refractivity contribution in [3.05, 3.63) is 29.8 Å². The summed E-state index contributed by atoms with van der Waals surface area (Å²) >= 11 is 0. The number of likely N-dealkylation sites (N-methyl/N-ethyl adjacent to an activating group) is 1. The lowest BCUT2D eigenvalue weighted by Crippen LogP contribution is -2.29. The van der Waals surface area contributed by atoms with Gasteiger partial charge in [0.15, 0.2) is 0 Å². The molecule has 3 nitrogen and oxygen atoms in total. The van der Waals surface area contributed by atoms with Gasteiger partial charge in [0.2, 0.25) is 5.91 Å². The molecule has 0 N–H and O–H groups in total. The lowest BCUT2D eigenvalue weighted by molar-refractivity contribution is -0.120. The highest BCUT2D eigenvalue weighted by molar-refractivity contribution is 6.10. The van der Waals surface area contributed by atoms with E-state index in [1.807, 2.05) is 24.3 Å². The molecular formula is C12H10N2O. The Kier molecular flexibility index (Phi) is 1.36. The van der Waals surface area contributed by atoms with Crippen LogP contribution in [0.15, 0.2) is 24.3 Å². The number of benzene rings is 1. The van der Waals surface area contributed by atoms with Crippen molar-refractivity contribution in [2.75, 3.05) is 11.9 Å². The highest BCUT2D eigenvalue weighted by Crippen LogP contribution is 2.60. The maximum atomic E-state index is 12.1. The molecule has 1 fully saturated rings. The smallest absolute Gasteiger partial charge is 0.238 e. The second-order valence-electron chi connectivity index (χ2n) is 4.24. The summed E-state index contributed by atoms with van der Waals surface area (Å²) in [7, 11) is 1.78. The third-order valence-electron chi connectivity index (χ3n) is 3.55. The van der Waals surface area contributed by atoms with Crippen LogP contribution in [-0.2, 0) is 10.2 Å². The minimum atomic E-state index is -0.500. The number of rotatable bonds is 0. The zero-order chi connectivity index (χ0) is 10.6. The molecule has 1 saturated carbocycles. The van der Waals surface area contributed by atoms with E-state index in [1.54, 1.807) is 11.9 Å². The van der Waals surface area contributed by atoms with E-state index in [0.29, 0.717) is 6.42 Å². The number of amides is 1. The van der Waals surface area contributed by atoms with Crippen molar-refractivity contribution < 1.29 is 4.79 Å². The standard InChI is InChI=1S/C12H10N2O/c1-14-10-5-3-2-4-9(10)12(11(14)15)6-8(12)7-13/h2-5,8H,6H2,1H3. The monoisotopic (exact) mass is 198 g/mol. The van der Waals surface area contributed by atoms with Gasteiger partial charge in [-0.25, -0.2) is 0 Å². The maximum absolute atomic E-state index is 12.1. The Balaban J connectivity index is 2.22. The summed E-state index contributed by atoms with van der Waals surface area (Å²) in [6.45, 7) is 0. The van der Waals surface area contributed by atoms with E-state index in [-0.39, 0.29) is 11.8 Å². The van der Waals surface area contributed by atoms with Crippen LogP contribution in [-0.4, -0.2) is 13.0 Å². The van der Waals surface area contributed by atoms with Crippen molar-refractivity contribution in [2.24, 2.45) is 5.92 Å². The average Bonchev–Trinajstić information content (AvgIpc) is 2.98. The van der Waals surface area contributed by atoms with Gasteiger partial charge in [-0.3, -0.25) is 4.79 Å². The molecule has 3 heteroatoms. The van der Waals surface area contributed by atoms with Crippen LogP contribution in [0, 0.1) is 17.2 Å². The molecule has 0 saturated heterocycles. The number of nitrogens with zero attached hydrogens (tertiary/aromatic N) is 2. The number of para-hydroxylation sites is 1. The maximum Gasteiger partial charge on any atom is 0.238 e. The number of carbonyl (C=O) groups excluding carboxylic acids is 1. The SMILES string of the molecule is CN1C(=O)C2(CC2C#N)c2ccccc21. The van der Waals surface area contributed by atoms with Gasteiger partial charge in [-0.05, 0) is 18.1 Å². The molecule has 3 rings (SSSR count). The molecule has 15 heavy (non-hydrogen) atoms. The molecule has 1 spiro atoms. The molecule has 1 aromatic rings. The summed E-state index contributed by atoms with van der Waals surface area (Å²) in [6.07, 6.45) is 0.684. The number of carbonyl (C=O) groups is 1. The predicted molar refractivity (Wildman–Crippen MR) is 55.3 cm³/mol. The van der Waals surface area contributed by atoms with Gasteiger partial charge >= 0.3 is 0 Å². The van der Waals surface area contributed by atoms with Gasteiger partial charge in [0.1, 0.15) is 0 Å². The fraction of sp³-hybridized carbons (Fsp3) is 0.333. The third-order valence-corrected chi connectivity index (χ3v) is 3.55. The van der Waals surface area contributed by atoms with Crippen LogP contribution in [0.1, 0.15) is 12.0 Å². The number of hydrogen-bond acceptors (Lipinski definition) is 2. The van der Waals surface area contributed by atoms with E-state index in [4.69, 9.17) is 5.26 Å². The van der Waals surface area contributed by atoms with Gasteiger partial charge in [-0.1, -0.05) is 18.2 Å². The second kappa shape index (κ2) is 2.40. The summed E-state index contributed by atoms with van der Waals surface area (Å²) in [6, 6.07) is 9.97. The van der Waals surface area contributed by atoms with Gasteiger partial charge < -0.3 is 4.90 Å². The van der Waals surface area contributed by atoms with Crippen LogP contribution in [0.2, 0.25) is 0 Å². The van der Waals surface area contributed by atoms with Crippen LogP contribution in [0.3, 0.4) is 0 Å². The van der Waals surface area contributed by atoms with Crippen molar-refractivity contribution in [3.63, 3.8) is 0 Å². The number of nitriles is 1. The van der Waals surface area contributed by atoms with E-state index in [1.165, 1.54) is 0 Å². The molecule has 2 aliphatic rings. The first-order valence-electron chi connectivity index (χ1n) is 4.99. The van der Waals surface area contributed by atoms with E-state index in [0.717, 1.165) is 11.3 Å². The zero-order valence-corrected chi connectivity index (χ0v) is 8.40. The Morgan fingerprint density at radius 3 is 2.93 bits per heavy atom. The Morgan fingerprint density at radius 1 is 1.53 bits per heavy atom. The summed E-state index contributed by atoms with van der Waals surface area (Å²) in [5.74, 6) is -0.0497. The molecule has 0 radical (unpaired) electrons. The largest absolute Gasteiger partial charge is 0.314 e. The molecule has 0 aromatic heterocycles. The first-order valence-corrected chi connectivity index (χ1v) is 4.99. The normalized spacial score (nSPS) is 31.6. The highest BCUT2D eigenvalue weighted by atomic mass is 16.2. The Hall–Kier alpha value is -1.82. The van der Waals surface area contributed by atoms with E-state index in [2.05, 4.69) is 6.07 Å². The van der Waals surface area contributed by atoms with E-state index < -0.39 is 5.41 Å². The Labute approximate surface area is 87.9 Å². The molecule has 1 heterocycles. The lowest BCUT2D eigenvalue weighted by atomic mass is 9.95. The average molecular weight is 198 g/mol. The predicted octanol–water partition coefficient (Wildman–Crippen LogP) is 1.44. The Bertz CT molecular complexity index is 503. The van der Waals surface area contributed by atoms with Crippen LogP contribution in [0.25, 0.3) is 0 Å². The van der Waals surface area contributed by atoms with Crippen molar-refractivity contribution in [1.29, 1.82) is 5.26 Å². The van der Waals surface area contributed by atoms with E-state index >= 15 is 0 Å². The number of anilines is 1. The van der Waals surface area contributed by atoms with Crippen LogP contribution >= 0.6 is 0 Å². The molecule has 1 amide bonds. The molecule has 1 aromatic carbocycles. The summed E-state index contributed by atoms with van der Waals surface area (Å²) in [4.78, 5) is 13.8. The molecule has 1 aliphatic heterocycles. The molecule has 74 valence electrons. The van der Waals surface area contributed by atoms with Crippen LogP contribution in [0.5, 0.6) is 0 Å². The molecule has 1 aliphatic carbocycles. The van der Waals surface area contributed by atoms with Gasteiger partial charge in [0.25, 0.3) is 0 Å². The zero-order valence-electron chi connectivity index (χ0n) is 8.40. The van der Waals surface area contributed by atoms with Gasteiger partial charge in [0.05, 0.1) is 17.4 Å². The van der Waals surface area contributed by atoms with Crippen molar-refractivity contribution in [1.82, 2.24) is 0 Å². The van der Waals surface area contributed by atoms with Gasteiger partial charge in [-0.15, -0.1) is 0 Å².